The number of methoxy groups -OCH3 is 3. The van der Waals surface area contributed by atoms with Crippen LogP contribution in [0.5, 0.6) is 28.7 Å². The second-order valence-electron chi connectivity index (χ2n) is 13.8. The van der Waals surface area contributed by atoms with Gasteiger partial charge in [-0.05, 0) is 59.4 Å². The molecular weight excluding hydrogens is 700 g/mol. The summed E-state index contributed by atoms with van der Waals surface area (Å²) in [7, 11) is 4.75. The number of anilines is 2. The molecule has 55 heavy (non-hydrogen) atoms. The first kappa shape index (κ1) is 35.6. The van der Waals surface area contributed by atoms with Gasteiger partial charge in [0.2, 0.25) is 0 Å². The third-order valence-corrected chi connectivity index (χ3v) is 10.6. The van der Waals surface area contributed by atoms with Crippen LogP contribution in [-0.2, 0) is 0 Å². The topological polar surface area (TPSA) is 128 Å². The second-order valence-corrected chi connectivity index (χ2v) is 13.8. The lowest BCUT2D eigenvalue weighted by Crippen LogP contribution is -2.34. The van der Waals surface area contributed by atoms with Gasteiger partial charge in [0.25, 0.3) is 11.8 Å². The number of hydrogen-bond acceptors (Lipinski definition) is 10. The second kappa shape index (κ2) is 15.1. The van der Waals surface area contributed by atoms with Crippen LogP contribution in [0.4, 0.5) is 11.4 Å². The van der Waals surface area contributed by atoms with E-state index in [2.05, 4.69) is 10.6 Å². The van der Waals surface area contributed by atoms with Gasteiger partial charge in [0, 0.05) is 49.6 Å². The predicted molar refractivity (Wildman–Crippen MR) is 209 cm³/mol. The van der Waals surface area contributed by atoms with Crippen LogP contribution >= 0.6 is 0 Å². The average Bonchev–Trinajstić information content (AvgIpc) is 3.80. The Morgan fingerprint density at radius 2 is 1.11 bits per heavy atom. The van der Waals surface area contributed by atoms with Gasteiger partial charge >= 0.3 is 0 Å². The summed E-state index contributed by atoms with van der Waals surface area (Å²) in [6.45, 7) is 1.81. The van der Waals surface area contributed by atoms with E-state index in [1.54, 1.807) is 50.5 Å². The van der Waals surface area contributed by atoms with Gasteiger partial charge in [0.05, 0.1) is 69.1 Å². The number of aldehydes is 1. The molecule has 2 amide bonds. The highest BCUT2D eigenvalue weighted by atomic mass is 16.5. The molecule has 0 radical (unpaired) electrons. The van der Waals surface area contributed by atoms with Crippen molar-refractivity contribution in [1.82, 2.24) is 9.80 Å². The molecule has 282 valence electrons. The fourth-order valence-corrected chi connectivity index (χ4v) is 7.58. The monoisotopic (exact) mass is 742 g/mol. The maximum absolute atomic E-state index is 13.8. The third-order valence-electron chi connectivity index (χ3n) is 10.6. The van der Waals surface area contributed by atoms with E-state index in [0.717, 1.165) is 40.7 Å². The summed E-state index contributed by atoms with van der Waals surface area (Å²) in [5.74, 6) is 2.54. The zero-order chi connectivity index (χ0) is 38.1. The molecular formula is C43H42N4O8. The zero-order valence-electron chi connectivity index (χ0n) is 30.9. The molecule has 4 aliphatic heterocycles. The highest BCUT2D eigenvalue weighted by Gasteiger charge is 2.36. The van der Waals surface area contributed by atoms with Crippen molar-refractivity contribution in [3.05, 3.63) is 113 Å². The van der Waals surface area contributed by atoms with Gasteiger partial charge in [-0.25, -0.2) is 0 Å². The largest absolute Gasteiger partial charge is 0.497 e. The Hall–Kier alpha value is -6.43. The summed E-state index contributed by atoms with van der Waals surface area (Å²) < 4.78 is 28.9. The SMILES string of the molecule is COc1ccc(C2=CN3C(=O)c4cc(OC)c(OCCCOc5cc6c(cc5OC)C(=O)N5C=C(c7ccc(C=O)cc7)C[C@H]5CN6)cc4NC[C@@H]3C2)cc1. The van der Waals surface area contributed by atoms with Crippen molar-refractivity contribution < 1.29 is 38.1 Å². The molecule has 0 aliphatic carbocycles. The summed E-state index contributed by atoms with van der Waals surface area (Å²) in [6.07, 6.45) is 6.65. The molecule has 12 heteroatoms. The Kier molecular flexibility index (Phi) is 9.79. The van der Waals surface area contributed by atoms with Gasteiger partial charge < -0.3 is 44.1 Å². The molecule has 2 N–H and O–H groups in total. The third kappa shape index (κ3) is 6.91. The Labute approximate surface area is 319 Å². The minimum absolute atomic E-state index is 0.0242. The molecule has 0 bridgehead atoms. The van der Waals surface area contributed by atoms with Crippen LogP contribution in [0.2, 0.25) is 0 Å². The lowest BCUT2D eigenvalue weighted by atomic mass is 10.0. The Bertz CT molecular complexity index is 2200. The van der Waals surface area contributed by atoms with Gasteiger partial charge in [-0.2, -0.15) is 0 Å². The standard InChI is InChI=1S/C43H42N4O8/c1-51-33-11-9-28(10-12-33)30-16-32-22-45-37-20-41(39(53-3)18-35(37)43(50)47(32)24-30)55-14-4-13-54-40-19-36-34(17-38(40)52-2)42(49)46-23-29(15-31(46)21-44-36)27-7-5-26(25-48)6-8-27/h5-12,17-20,23-25,31-32,44-45H,4,13-16,21-22H2,1-3H3/t31-,32-/m0/s1. The van der Waals surface area contributed by atoms with E-state index in [1.165, 1.54) is 0 Å². The normalized spacial score (nSPS) is 18.2. The molecule has 4 aromatic carbocycles. The lowest BCUT2D eigenvalue weighted by Gasteiger charge is -2.20. The molecule has 0 saturated heterocycles. The number of amides is 2. The first-order valence-corrected chi connectivity index (χ1v) is 18.3. The van der Waals surface area contributed by atoms with Crippen LogP contribution in [0.3, 0.4) is 0 Å². The summed E-state index contributed by atoms with van der Waals surface area (Å²) in [4.78, 5) is 42.2. The van der Waals surface area contributed by atoms with Crippen molar-refractivity contribution in [3.63, 3.8) is 0 Å². The smallest absolute Gasteiger partial charge is 0.260 e. The van der Waals surface area contributed by atoms with E-state index >= 15 is 0 Å². The fourth-order valence-electron chi connectivity index (χ4n) is 7.58. The molecule has 4 heterocycles. The van der Waals surface area contributed by atoms with Gasteiger partial charge in [0.1, 0.15) is 12.0 Å². The van der Waals surface area contributed by atoms with Gasteiger partial charge in [-0.3, -0.25) is 14.4 Å². The Morgan fingerprint density at radius 3 is 1.55 bits per heavy atom. The molecule has 0 fully saturated rings. The van der Waals surface area contributed by atoms with Gasteiger partial charge in [-0.1, -0.05) is 36.4 Å². The highest BCUT2D eigenvalue weighted by Crippen LogP contribution is 2.41. The highest BCUT2D eigenvalue weighted by molar-refractivity contribution is 6.04. The predicted octanol–water partition coefficient (Wildman–Crippen LogP) is 6.74. The van der Waals surface area contributed by atoms with Crippen molar-refractivity contribution in [3.8, 4) is 28.7 Å². The molecule has 12 nitrogen and oxygen atoms in total. The number of hydrogen-bond donors (Lipinski definition) is 2. The first-order valence-electron chi connectivity index (χ1n) is 18.3. The van der Waals surface area contributed by atoms with Crippen LogP contribution in [0.25, 0.3) is 11.1 Å². The molecule has 2 atom stereocenters. The van der Waals surface area contributed by atoms with Gasteiger partial charge in [0.15, 0.2) is 23.0 Å². The number of carbonyl (C=O) groups is 3. The number of nitrogens with one attached hydrogen (secondary N) is 2. The van der Waals surface area contributed by atoms with Crippen LogP contribution < -0.4 is 34.3 Å². The minimum atomic E-state index is -0.121. The number of nitrogens with zero attached hydrogens (tertiary/aromatic N) is 2. The van der Waals surface area contributed by atoms with Crippen LogP contribution in [0.15, 0.2) is 85.2 Å². The number of ether oxygens (including phenoxy) is 5. The summed E-state index contributed by atoms with van der Waals surface area (Å²) in [5, 5.41) is 6.91. The molecule has 0 saturated carbocycles. The number of rotatable bonds is 12. The first-order chi connectivity index (χ1) is 26.9. The summed E-state index contributed by atoms with van der Waals surface area (Å²) in [5.41, 5.74) is 7.20. The van der Waals surface area contributed by atoms with E-state index in [4.69, 9.17) is 23.7 Å². The fraction of sp³-hybridized carbons (Fsp3) is 0.279. The van der Waals surface area contributed by atoms with Crippen molar-refractivity contribution >= 4 is 40.6 Å². The number of carbonyl (C=O) groups excluding carboxylic acids is 3. The molecule has 0 spiro atoms. The van der Waals surface area contributed by atoms with Crippen LogP contribution in [-0.4, -0.2) is 87.6 Å². The van der Waals surface area contributed by atoms with Crippen LogP contribution in [0, 0.1) is 0 Å². The Balaban J connectivity index is 0.898. The van der Waals surface area contributed by atoms with Gasteiger partial charge in [-0.15, -0.1) is 0 Å². The van der Waals surface area contributed by atoms with E-state index < -0.39 is 0 Å². The number of fused-ring (bicyclic) bond motifs is 4. The van der Waals surface area contributed by atoms with E-state index in [9.17, 15) is 14.4 Å². The van der Waals surface area contributed by atoms with Crippen molar-refractivity contribution in [2.75, 3.05) is 58.3 Å². The van der Waals surface area contributed by atoms with Crippen molar-refractivity contribution in [1.29, 1.82) is 0 Å². The molecule has 4 aliphatic rings. The van der Waals surface area contributed by atoms with E-state index in [-0.39, 0.29) is 23.9 Å². The van der Waals surface area contributed by atoms with Crippen LogP contribution in [0.1, 0.15) is 61.5 Å². The molecule has 4 aromatic rings. The molecule has 8 rings (SSSR count). The maximum Gasteiger partial charge on any atom is 0.260 e. The summed E-state index contributed by atoms with van der Waals surface area (Å²) in [6, 6.07) is 22.3. The molecule has 0 aromatic heterocycles. The van der Waals surface area contributed by atoms with E-state index in [0.29, 0.717) is 90.2 Å². The number of benzene rings is 4. The molecule has 0 unspecified atom stereocenters. The quantitative estimate of drug-likeness (QED) is 0.119. The summed E-state index contributed by atoms with van der Waals surface area (Å²) >= 11 is 0. The maximum atomic E-state index is 13.8. The van der Waals surface area contributed by atoms with Crippen molar-refractivity contribution in [2.24, 2.45) is 0 Å². The van der Waals surface area contributed by atoms with Crippen molar-refractivity contribution in [2.45, 2.75) is 31.3 Å². The lowest BCUT2D eigenvalue weighted by molar-refractivity contribution is 0.0788. The average molecular weight is 743 g/mol. The Morgan fingerprint density at radius 1 is 0.636 bits per heavy atom. The zero-order valence-corrected chi connectivity index (χ0v) is 30.9. The van der Waals surface area contributed by atoms with E-state index in [1.807, 2.05) is 65.8 Å². The minimum Gasteiger partial charge on any atom is -0.497 e.